The van der Waals surface area contributed by atoms with Gasteiger partial charge in [-0.25, -0.2) is 0 Å². The van der Waals surface area contributed by atoms with E-state index in [1.54, 1.807) is 0 Å². The number of hydrogen-bond donors (Lipinski definition) is 1. The van der Waals surface area contributed by atoms with Crippen LogP contribution < -0.4 is 29.6 Å². The SMILES string of the molecule is CCCCCCC=CCCCCCCCC(=O)O.[H-].[Na+]. The zero-order chi connectivity index (χ0) is 13.5. The van der Waals surface area contributed by atoms with E-state index in [0.717, 1.165) is 12.8 Å². The fraction of sp³-hybridized carbons (Fsp3) is 0.812. The zero-order valence-electron chi connectivity index (χ0n) is 14.0. The molecule has 0 aliphatic heterocycles. The van der Waals surface area contributed by atoms with Crippen molar-refractivity contribution in [2.24, 2.45) is 0 Å². The van der Waals surface area contributed by atoms with E-state index >= 15 is 0 Å². The third kappa shape index (κ3) is 20.7. The molecule has 0 unspecified atom stereocenters. The van der Waals surface area contributed by atoms with Gasteiger partial charge in [0.2, 0.25) is 0 Å². The first-order chi connectivity index (χ1) is 8.77. The minimum absolute atomic E-state index is 0. The number of unbranched alkanes of at least 4 members (excludes halogenated alkanes) is 9. The maximum atomic E-state index is 10.3. The Hall–Kier alpha value is 0.210. The zero-order valence-corrected chi connectivity index (χ0v) is 15.0. The van der Waals surface area contributed by atoms with Crippen molar-refractivity contribution in [3.8, 4) is 0 Å². The van der Waals surface area contributed by atoms with Crippen LogP contribution in [0.1, 0.15) is 85.4 Å². The van der Waals surface area contributed by atoms with Crippen LogP contribution in [0, 0.1) is 0 Å². The average molecular weight is 278 g/mol. The Morgan fingerprint density at radius 2 is 1.37 bits per heavy atom. The summed E-state index contributed by atoms with van der Waals surface area (Å²) in [6, 6.07) is 0. The minimum Gasteiger partial charge on any atom is -1.00 e. The smallest absolute Gasteiger partial charge is 1.00 e. The van der Waals surface area contributed by atoms with Crippen molar-refractivity contribution in [1.82, 2.24) is 0 Å². The van der Waals surface area contributed by atoms with Gasteiger partial charge in [-0.1, -0.05) is 57.6 Å². The van der Waals surface area contributed by atoms with Gasteiger partial charge >= 0.3 is 35.5 Å². The van der Waals surface area contributed by atoms with Gasteiger partial charge < -0.3 is 6.53 Å². The summed E-state index contributed by atoms with van der Waals surface area (Å²) < 4.78 is 0. The molecule has 0 aliphatic rings. The number of rotatable bonds is 13. The summed E-state index contributed by atoms with van der Waals surface area (Å²) in [4.78, 5) is 10.3. The number of hydrogen-bond acceptors (Lipinski definition) is 1. The first-order valence-electron chi connectivity index (χ1n) is 7.64. The fourth-order valence-corrected chi connectivity index (χ4v) is 1.99. The van der Waals surface area contributed by atoms with Crippen LogP contribution in [-0.2, 0) is 4.79 Å². The second-order valence-electron chi connectivity index (χ2n) is 5.02. The molecule has 0 aromatic carbocycles. The maximum Gasteiger partial charge on any atom is 1.00 e. The van der Waals surface area contributed by atoms with Crippen LogP contribution in [0.5, 0.6) is 0 Å². The molecule has 19 heavy (non-hydrogen) atoms. The summed E-state index contributed by atoms with van der Waals surface area (Å²) in [6.45, 7) is 2.24. The Kier molecular flexibility index (Phi) is 20.6. The van der Waals surface area contributed by atoms with Gasteiger partial charge in [0.15, 0.2) is 0 Å². The largest absolute Gasteiger partial charge is 1.00 e. The molecule has 1 N–H and O–H groups in total. The third-order valence-corrected chi connectivity index (χ3v) is 3.15. The van der Waals surface area contributed by atoms with Crippen LogP contribution in [-0.4, -0.2) is 11.1 Å². The second kappa shape index (κ2) is 18.2. The number of carboxylic acids is 1. The summed E-state index contributed by atoms with van der Waals surface area (Å²) in [7, 11) is 0. The molecule has 0 rings (SSSR count). The van der Waals surface area contributed by atoms with Gasteiger partial charge in [0.05, 0.1) is 0 Å². The number of carbonyl (C=O) groups is 1. The molecule has 0 fully saturated rings. The summed E-state index contributed by atoms with van der Waals surface area (Å²) in [5.41, 5.74) is 0. The summed E-state index contributed by atoms with van der Waals surface area (Å²) in [5, 5.41) is 8.48. The third-order valence-electron chi connectivity index (χ3n) is 3.15. The monoisotopic (exact) mass is 278 g/mol. The van der Waals surface area contributed by atoms with E-state index in [9.17, 15) is 4.79 Å². The van der Waals surface area contributed by atoms with Gasteiger partial charge in [-0.05, 0) is 32.1 Å². The topological polar surface area (TPSA) is 37.3 Å². The van der Waals surface area contributed by atoms with Crippen LogP contribution >= 0.6 is 0 Å². The van der Waals surface area contributed by atoms with Crippen LogP contribution in [0.3, 0.4) is 0 Å². The Balaban J connectivity index is -0.00000144. The molecule has 2 nitrogen and oxygen atoms in total. The van der Waals surface area contributed by atoms with Crippen molar-refractivity contribution in [3.05, 3.63) is 12.2 Å². The molecular weight excluding hydrogens is 247 g/mol. The molecule has 0 aromatic rings. The van der Waals surface area contributed by atoms with Gasteiger partial charge in [0, 0.05) is 6.42 Å². The molecule has 0 bridgehead atoms. The van der Waals surface area contributed by atoms with Crippen molar-refractivity contribution in [3.63, 3.8) is 0 Å². The normalized spacial score (nSPS) is 10.6. The van der Waals surface area contributed by atoms with Crippen molar-refractivity contribution >= 4 is 5.97 Å². The van der Waals surface area contributed by atoms with Crippen molar-refractivity contribution in [2.75, 3.05) is 0 Å². The van der Waals surface area contributed by atoms with Crippen LogP contribution in [0.2, 0.25) is 0 Å². The second-order valence-corrected chi connectivity index (χ2v) is 5.02. The molecular formula is C16H31NaO2. The van der Waals surface area contributed by atoms with Gasteiger partial charge in [-0.3, -0.25) is 4.79 Å². The van der Waals surface area contributed by atoms with Gasteiger partial charge in [0.25, 0.3) is 0 Å². The molecule has 0 saturated heterocycles. The maximum absolute atomic E-state index is 10.3. The van der Waals surface area contributed by atoms with E-state index in [2.05, 4.69) is 19.1 Å². The van der Waals surface area contributed by atoms with Crippen molar-refractivity contribution in [2.45, 2.75) is 84.0 Å². The fourth-order valence-electron chi connectivity index (χ4n) is 1.99. The Morgan fingerprint density at radius 1 is 0.895 bits per heavy atom. The standard InChI is InChI=1S/C16H30O2.Na.H/c1-2-3-4-5-6-7-8-9-10-11-12-13-14-15-16(17)18;;/h7-8H,2-6,9-15H2,1H3,(H,17,18);;/q;+1;-1. The van der Waals surface area contributed by atoms with E-state index in [-0.39, 0.29) is 31.0 Å². The molecule has 0 amide bonds. The summed E-state index contributed by atoms with van der Waals surface area (Å²) in [5.74, 6) is -0.666. The van der Waals surface area contributed by atoms with Crippen molar-refractivity contribution < 1.29 is 40.9 Å². The Bertz CT molecular complexity index is 221. The van der Waals surface area contributed by atoms with Gasteiger partial charge in [-0.15, -0.1) is 0 Å². The summed E-state index contributed by atoms with van der Waals surface area (Å²) in [6.07, 6.45) is 18.3. The molecule has 0 aliphatic carbocycles. The molecule has 108 valence electrons. The number of allylic oxidation sites excluding steroid dienone is 2. The van der Waals surface area contributed by atoms with Crippen molar-refractivity contribution in [1.29, 1.82) is 0 Å². The van der Waals surface area contributed by atoms with Gasteiger partial charge in [-0.2, -0.15) is 0 Å². The Morgan fingerprint density at radius 3 is 1.89 bits per heavy atom. The summed E-state index contributed by atoms with van der Waals surface area (Å²) >= 11 is 0. The van der Waals surface area contributed by atoms with Crippen LogP contribution in [0.4, 0.5) is 0 Å². The van der Waals surface area contributed by atoms with Gasteiger partial charge in [0.1, 0.15) is 0 Å². The predicted octanol–water partition coefficient (Wildman–Crippen LogP) is 2.44. The first-order valence-corrected chi connectivity index (χ1v) is 7.64. The van der Waals surface area contributed by atoms with Crippen LogP contribution in [0.15, 0.2) is 12.2 Å². The molecule has 0 aromatic heterocycles. The van der Waals surface area contributed by atoms with E-state index in [1.165, 1.54) is 57.8 Å². The predicted molar refractivity (Wildman–Crippen MR) is 79.0 cm³/mol. The van der Waals surface area contributed by atoms with E-state index in [4.69, 9.17) is 5.11 Å². The van der Waals surface area contributed by atoms with E-state index in [1.807, 2.05) is 0 Å². The van der Waals surface area contributed by atoms with E-state index < -0.39 is 5.97 Å². The molecule has 0 radical (unpaired) electrons. The molecule has 0 spiro atoms. The minimum atomic E-state index is -0.666. The molecule has 0 saturated carbocycles. The Labute approximate surface area is 142 Å². The van der Waals surface area contributed by atoms with Crippen LogP contribution in [0.25, 0.3) is 0 Å². The van der Waals surface area contributed by atoms with E-state index in [0.29, 0.717) is 6.42 Å². The molecule has 0 atom stereocenters. The molecule has 3 heteroatoms. The number of aliphatic carboxylic acids is 1. The number of carboxylic acid groups (broad SMARTS) is 1. The average Bonchev–Trinajstić information content (AvgIpc) is 2.34. The quantitative estimate of drug-likeness (QED) is 0.319. The first kappa shape index (κ1) is 21.5. The molecule has 0 heterocycles.